The Labute approximate surface area is 183 Å². The SMILES string of the molecule is O=C1/C(=C/c2ccc(N3CCOCC3)cc2)SC(=S)N1c1ccc(Cl)c(Cl)c1. The van der Waals surface area contributed by atoms with Crippen LogP contribution in [0.4, 0.5) is 11.4 Å². The van der Waals surface area contributed by atoms with Gasteiger partial charge in [0.25, 0.3) is 5.91 Å². The molecular formula is C20H16Cl2N2O2S2. The molecule has 28 heavy (non-hydrogen) atoms. The molecule has 144 valence electrons. The molecule has 0 bridgehead atoms. The first-order valence-electron chi connectivity index (χ1n) is 8.69. The Morgan fingerprint density at radius 1 is 1.00 bits per heavy atom. The number of halogens is 2. The van der Waals surface area contributed by atoms with E-state index in [4.69, 9.17) is 40.2 Å². The summed E-state index contributed by atoms with van der Waals surface area (Å²) < 4.78 is 5.86. The highest BCUT2D eigenvalue weighted by molar-refractivity contribution is 8.27. The molecule has 2 saturated heterocycles. The number of rotatable bonds is 3. The quantitative estimate of drug-likeness (QED) is 0.471. The number of benzene rings is 2. The lowest BCUT2D eigenvalue weighted by Gasteiger charge is -2.28. The highest BCUT2D eigenvalue weighted by Gasteiger charge is 2.33. The summed E-state index contributed by atoms with van der Waals surface area (Å²) in [6.45, 7) is 3.28. The fourth-order valence-corrected chi connectivity index (χ4v) is 4.66. The number of hydrogen-bond acceptors (Lipinski definition) is 5. The second kappa shape index (κ2) is 8.43. The van der Waals surface area contributed by atoms with Crippen LogP contribution in [-0.4, -0.2) is 36.5 Å². The number of nitrogens with zero attached hydrogens (tertiary/aromatic N) is 2. The number of anilines is 2. The van der Waals surface area contributed by atoms with Crippen LogP contribution in [0, 0.1) is 0 Å². The summed E-state index contributed by atoms with van der Waals surface area (Å²) in [6.07, 6.45) is 1.86. The van der Waals surface area contributed by atoms with Crippen LogP contribution in [0.1, 0.15) is 5.56 Å². The van der Waals surface area contributed by atoms with Crippen LogP contribution in [0.2, 0.25) is 10.0 Å². The van der Waals surface area contributed by atoms with E-state index in [1.165, 1.54) is 16.7 Å². The third kappa shape index (κ3) is 4.07. The minimum absolute atomic E-state index is 0.161. The van der Waals surface area contributed by atoms with Gasteiger partial charge < -0.3 is 9.64 Å². The molecule has 0 radical (unpaired) electrons. The van der Waals surface area contributed by atoms with Crippen molar-refractivity contribution in [3.8, 4) is 0 Å². The van der Waals surface area contributed by atoms with Crippen LogP contribution >= 0.6 is 47.2 Å². The summed E-state index contributed by atoms with van der Waals surface area (Å²) in [4.78, 5) is 17.2. The van der Waals surface area contributed by atoms with E-state index < -0.39 is 0 Å². The summed E-state index contributed by atoms with van der Waals surface area (Å²) >= 11 is 18.7. The smallest absolute Gasteiger partial charge is 0.270 e. The van der Waals surface area contributed by atoms with Gasteiger partial charge in [0.05, 0.1) is 33.9 Å². The Kier molecular flexibility index (Phi) is 5.94. The fourth-order valence-electron chi connectivity index (χ4n) is 3.07. The second-order valence-electron chi connectivity index (χ2n) is 6.31. The van der Waals surface area contributed by atoms with Crippen molar-refractivity contribution in [2.24, 2.45) is 0 Å². The van der Waals surface area contributed by atoms with Crippen LogP contribution in [0.25, 0.3) is 6.08 Å². The van der Waals surface area contributed by atoms with Crippen molar-refractivity contribution in [1.82, 2.24) is 0 Å². The number of carbonyl (C=O) groups excluding carboxylic acids is 1. The normalized spacial score (nSPS) is 19.0. The van der Waals surface area contributed by atoms with E-state index in [2.05, 4.69) is 17.0 Å². The van der Waals surface area contributed by atoms with Gasteiger partial charge >= 0.3 is 0 Å². The van der Waals surface area contributed by atoms with Gasteiger partial charge in [0, 0.05) is 18.8 Å². The van der Waals surface area contributed by atoms with Crippen molar-refractivity contribution in [3.05, 3.63) is 63.0 Å². The second-order valence-corrected chi connectivity index (χ2v) is 8.80. The first-order valence-corrected chi connectivity index (χ1v) is 10.7. The molecule has 0 unspecified atom stereocenters. The van der Waals surface area contributed by atoms with Gasteiger partial charge in [0.2, 0.25) is 0 Å². The molecule has 0 saturated carbocycles. The summed E-state index contributed by atoms with van der Waals surface area (Å²) in [5.74, 6) is -0.161. The number of ether oxygens (including phenoxy) is 1. The zero-order chi connectivity index (χ0) is 19.7. The van der Waals surface area contributed by atoms with Gasteiger partial charge in [0.15, 0.2) is 4.32 Å². The van der Waals surface area contributed by atoms with E-state index in [1.807, 2.05) is 18.2 Å². The average Bonchev–Trinajstić information content (AvgIpc) is 2.98. The molecule has 2 fully saturated rings. The lowest BCUT2D eigenvalue weighted by Crippen LogP contribution is -2.36. The van der Waals surface area contributed by atoms with Crippen molar-refractivity contribution in [3.63, 3.8) is 0 Å². The number of thiocarbonyl (C=S) groups is 1. The summed E-state index contributed by atoms with van der Waals surface area (Å²) in [5.41, 5.74) is 2.72. The van der Waals surface area contributed by atoms with Gasteiger partial charge in [-0.05, 0) is 42.0 Å². The topological polar surface area (TPSA) is 32.8 Å². The highest BCUT2D eigenvalue weighted by Crippen LogP contribution is 2.38. The zero-order valence-corrected chi connectivity index (χ0v) is 17.9. The first kappa shape index (κ1) is 19.7. The van der Waals surface area contributed by atoms with Crippen molar-refractivity contribution in [2.75, 3.05) is 36.1 Å². The third-order valence-corrected chi connectivity index (χ3v) is 6.56. The molecule has 0 atom stereocenters. The summed E-state index contributed by atoms with van der Waals surface area (Å²) in [6, 6.07) is 13.2. The number of carbonyl (C=O) groups is 1. The predicted molar refractivity (Wildman–Crippen MR) is 122 cm³/mol. The van der Waals surface area contributed by atoms with Crippen molar-refractivity contribution in [2.45, 2.75) is 0 Å². The predicted octanol–water partition coefficient (Wildman–Crippen LogP) is 5.24. The Hall–Kier alpha value is -1.57. The van der Waals surface area contributed by atoms with Crippen molar-refractivity contribution in [1.29, 1.82) is 0 Å². The molecule has 2 aromatic rings. The maximum Gasteiger partial charge on any atom is 0.270 e. The lowest BCUT2D eigenvalue weighted by atomic mass is 10.1. The van der Waals surface area contributed by atoms with E-state index in [0.717, 1.165) is 37.6 Å². The van der Waals surface area contributed by atoms with Gasteiger partial charge in [-0.2, -0.15) is 0 Å². The molecule has 2 aromatic carbocycles. The first-order chi connectivity index (χ1) is 13.5. The summed E-state index contributed by atoms with van der Waals surface area (Å²) in [5, 5.41) is 0.822. The van der Waals surface area contributed by atoms with Crippen molar-refractivity contribution >= 4 is 74.9 Å². The van der Waals surface area contributed by atoms with Crippen LogP contribution in [0.15, 0.2) is 47.4 Å². The van der Waals surface area contributed by atoms with Crippen LogP contribution < -0.4 is 9.80 Å². The molecule has 0 aromatic heterocycles. The minimum atomic E-state index is -0.161. The summed E-state index contributed by atoms with van der Waals surface area (Å²) in [7, 11) is 0. The number of amides is 1. The van der Waals surface area contributed by atoms with E-state index >= 15 is 0 Å². The van der Waals surface area contributed by atoms with Crippen LogP contribution in [0.5, 0.6) is 0 Å². The fraction of sp³-hybridized carbons (Fsp3) is 0.200. The number of morpholine rings is 1. The van der Waals surface area contributed by atoms with E-state index in [-0.39, 0.29) is 5.91 Å². The molecule has 0 aliphatic carbocycles. The molecule has 1 amide bonds. The van der Waals surface area contributed by atoms with Gasteiger partial charge in [-0.25, -0.2) is 0 Å². The standard InChI is InChI=1S/C20H16Cl2N2O2S2/c21-16-6-5-15(12-17(16)22)24-19(25)18(28-20(24)27)11-13-1-3-14(4-2-13)23-7-9-26-10-8-23/h1-6,11-12H,7-10H2/b18-11-. The number of hydrogen-bond donors (Lipinski definition) is 0. The maximum absolute atomic E-state index is 12.9. The highest BCUT2D eigenvalue weighted by atomic mass is 35.5. The van der Waals surface area contributed by atoms with Crippen LogP contribution in [0.3, 0.4) is 0 Å². The third-order valence-electron chi connectivity index (χ3n) is 4.52. The minimum Gasteiger partial charge on any atom is -0.378 e. The Morgan fingerprint density at radius 3 is 2.36 bits per heavy atom. The molecule has 0 spiro atoms. The van der Waals surface area contributed by atoms with Gasteiger partial charge in [-0.3, -0.25) is 9.69 Å². The van der Waals surface area contributed by atoms with Gasteiger partial charge in [-0.15, -0.1) is 0 Å². The van der Waals surface area contributed by atoms with Crippen molar-refractivity contribution < 1.29 is 9.53 Å². The van der Waals surface area contributed by atoms with E-state index in [1.54, 1.807) is 18.2 Å². The lowest BCUT2D eigenvalue weighted by molar-refractivity contribution is -0.113. The monoisotopic (exact) mass is 450 g/mol. The Morgan fingerprint density at radius 2 is 1.68 bits per heavy atom. The van der Waals surface area contributed by atoms with Gasteiger partial charge in [-0.1, -0.05) is 59.3 Å². The average molecular weight is 451 g/mol. The Bertz CT molecular complexity index is 957. The molecule has 2 aliphatic heterocycles. The van der Waals surface area contributed by atoms with E-state index in [0.29, 0.717) is 25.0 Å². The Balaban J connectivity index is 1.54. The van der Waals surface area contributed by atoms with Gasteiger partial charge in [0.1, 0.15) is 0 Å². The molecule has 0 N–H and O–H groups in total. The van der Waals surface area contributed by atoms with E-state index in [9.17, 15) is 4.79 Å². The molecule has 8 heteroatoms. The molecule has 4 nitrogen and oxygen atoms in total. The molecule has 4 rings (SSSR count). The molecule has 2 aliphatic rings. The number of thioether (sulfide) groups is 1. The molecule has 2 heterocycles. The van der Waals surface area contributed by atoms with Crippen LogP contribution in [-0.2, 0) is 9.53 Å². The zero-order valence-electron chi connectivity index (χ0n) is 14.7. The molecular weight excluding hydrogens is 435 g/mol. The maximum atomic E-state index is 12.9. The largest absolute Gasteiger partial charge is 0.378 e.